The van der Waals surface area contributed by atoms with Crippen molar-refractivity contribution in [2.45, 2.75) is 38.8 Å². The molecule has 0 bridgehead atoms. The molecule has 0 saturated carbocycles. The fraction of sp³-hybridized carbons (Fsp3) is 0.300. The van der Waals surface area contributed by atoms with E-state index in [0.29, 0.717) is 11.1 Å². The lowest BCUT2D eigenvalue weighted by atomic mass is 9.83. The van der Waals surface area contributed by atoms with E-state index in [9.17, 15) is 9.60 Å². The Bertz CT molecular complexity index is 1030. The summed E-state index contributed by atoms with van der Waals surface area (Å²) < 4.78 is 30.3. The van der Waals surface area contributed by atoms with Crippen molar-refractivity contribution in [2.24, 2.45) is 5.73 Å². The number of aryl methyl sites for hydroxylation is 1. The summed E-state index contributed by atoms with van der Waals surface area (Å²) in [5.74, 6) is -1.39. The summed E-state index contributed by atoms with van der Waals surface area (Å²) in [6, 6.07) is 6.08. The van der Waals surface area contributed by atoms with Gasteiger partial charge >= 0.3 is 0 Å². The van der Waals surface area contributed by atoms with Crippen LogP contribution in [0.15, 0.2) is 30.5 Å². The minimum absolute atomic E-state index is 0.100. The van der Waals surface area contributed by atoms with E-state index in [1.165, 1.54) is 6.07 Å². The van der Waals surface area contributed by atoms with E-state index in [0.717, 1.165) is 16.0 Å². The Morgan fingerprint density at radius 1 is 1.31 bits per heavy atom. The lowest BCUT2D eigenvalue weighted by Gasteiger charge is -2.44. The molecule has 0 amide bonds. The molecule has 0 radical (unpaired) electrons. The van der Waals surface area contributed by atoms with Crippen LogP contribution in [-0.4, -0.2) is 21.8 Å². The van der Waals surface area contributed by atoms with Gasteiger partial charge in [-0.2, -0.15) is 0 Å². The molecule has 2 heterocycles. The number of anilines is 1. The molecule has 0 unspecified atom stereocenters. The molecule has 2 aromatic carbocycles. The number of nitrogens with zero attached hydrogens (tertiary/aromatic N) is 1. The van der Waals surface area contributed by atoms with E-state index in [1.807, 2.05) is 19.2 Å². The first-order chi connectivity index (χ1) is 12.2. The van der Waals surface area contributed by atoms with Crippen molar-refractivity contribution in [3.8, 4) is 11.1 Å². The smallest absolute Gasteiger partial charge is 0.139 e. The lowest BCUT2D eigenvalue weighted by Crippen LogP contribution is -2.59. The number of nitrogens with two attached hydrogens (primary N) is 1. The third kappa shape index (κ3) is 2.19. The van der Waals surface area contributed by atoms with Gasteiger partial charge in [-0.1, -0.05) is 18.2 Å². The number of nitrogens with one attached hydrogen (secondary N) is 1. The van der Waals surface area contributed by atoms with Crippen LogP contribution in [0, 0.1) is 18.6 Å². The van der Waals surface area contributed by atoms with Gasteiger partial charge in [0.05, 0.1) is 22.3 Å². The zero-order chi connectivity index (χ0) is 18.8. The maximum atomic E-state index is 15.4. The van der Waals surface area contributed by atoms with Gasteiger partial charge in [0.1, 0.15) is 11.6 Å². The molecule has 6 heteroatoms. The van der Waals surface area contributed by atoms with Crippen LogP contribution < -0.4 is 10.8 Å². The van der Waals surface area contributed by atoms with Crippen LogP contribution in [0.3, 0.4) is 0 Å². The summed E-state index contributed by atoms with van der Waals surface area (Å²) in [6.07, 6.45) is 2.04. The second-order valence-electron chi connectivity index (χ2n) is 7.52. The van der Waals surface area contributed by atoms with E-state index in [2.05, 4.69) is 4.98 Å². The van der Waals surface area contributed by atoms with Gasteiger partial charge in [-0.15, -0.1) is 0 Å². The molecule has 0 spiro atoms. The topological polar surface area (TPSA) is 65.3 Å². The minimum Gasteiger partial charge on any atom is -0.360 e. The predicted molar refractivity (Wildman–Crippen MR) is 98.4 cm³/mol. The second kappa shape index (κ2) is 5.53. The molecule has 3 aromatic rings. The molecular weight excluding hydrogens is 336 g/mol. The number of rotatable bonds is 1. The van der Waals surface area contributed by atoms with Gasteiger partial charge in [-0.3, -0.25) is 5.21 Å². The van der Waals surface area contributed by atoms with E-state index in [4.69, 9.17) is 5.73 Å². The fourth-order valence-electron chi connectivity index (χ4n) is 3.72. The Morgan fingerprint density at radius 2 is 2.04 bits per heavy atom. The molecule has 4 N–H and O–H groups in total. The van der Waals surface area contributed by atoms with Gasteiger partial charge in [0.2, 0.25) is 0 Å². The van der Waals surface area contributed by atoms with Gasteiger partial charge in [-0.25, -0.2) is 13.8 Å². The highest BCUT2D eigenvalue weighted by Gasteiger charge is 2.41. The van der Waals surface area contributed by atoms with Gasteiger partial charge in [-0.05, 0) is 32.8 Å². The quantitative estimate of drug-likeness (QED) is 0.609. The van der Waals surface area contributed by atoms with E-state index >= 15 is 4.39 Å². The van der Waals surface area contributed by atoms with Crippen LogP contribution in [0.1, 0.15) is 25.0 Å². The standard InChI is InChI=1S/C20H21F2N3O/c1-10-9-24-19-11(10)5-4-6-12(19)17-14(21)8-15-13(18(17)22)7-16(23)20(2,3)25(15)26/h4-6,8-9,16,24,26H,7,23H2,1-3H3/t16-/m0/s1. The van der Waals surface area contributed by atoms with Crippen LogP contribution in [0.4, 0.5) is 14.5 Å². The Balaban J connectivity index is 1.99. The van der Waals surface area contributed by atoms with Gasteiger partial charge in [0, 0.05) is 34.8 Å². The third-order valence-corrected chi connectivity index (χ3v) is 5.59. The molecule has 136 valence electrons. The Hall–Kier alpha value is -2.44. The number of aromatic nitrogens is 1. The van der Waals surface area contributed by atoms with Crippen LogP contribution in [0.25, 0.3) is 22.0 Å². The third-order valence-electron chi connectivity index (χ3n) is 5.59. The average molecular weight is 357 g/mol. The number of H-pyrrole nitrogens is 1. The number of fused-ring (bicyclic) bond motifs is 2. The van der Waals surface area contributed by atoms with Crippen LogP contribution in [0.2, 0.25) is 0 Å². The van der Waals surface area contributed by atoms with Crippen molar-refractivity contribution in [1.29, 1.82) is 0 Å². The second-order valence-corrected chi connectivity index (χ2v) is 7.52. The summed E-state index contributed by atoms with van der Waals surface area (Å²) in [5.41, 5.74) is 7.73. The molecule has 26 heavy (non-hydrogen) atoms. The molecule has 1 aliphatic rings. The van der Waals surface area contributed by atoms with E-state index in [-0.39, 0.29) is 23.2 Å². The van der Waals surface area contributed by atoms with Crippen LogP contribution in [-0.2, 0) is 6.42 Å². The molecule has 4 nitrogen and oxygen atoms in total. The zero-order valence-electron chi connectivity index (χ0n) is 14.9. The highest BCUT2D eigenvalue weighted by molar-refractivity contribution is 5.96. The predicted octanol–water partition coefficient (Wildman–Crippen LogP) is 4.28. The maximum Gasteiger partial charge on any atom is 0.139 e. The molecule has 0 aliphatic carbocycles. The average Bonchev–Trinajstić information content (AvgIpc) is 2.97. The number of aromatic amines is 1. The van der Waals surface area contributed by atoms with Crippen LogP contribution in [0.5, 0.6) is 0 Å². The monoisotopic (exact) mass is 357 g/mol. The van der Waals surface area contributed by atoms with E-state index < -0.39 is 23.2 Å². The zero-order valence-corrected chi connectivity index (χ0v) is 14.9. The highest BCUT2D eigenvalue weighted by Crippen LogP contribution is 2.42. The molecule has 1 aromatic heterocycles. The summed E-state index contributed by atoms with van der Waals surface area (Å²) in [7, 11) is 0. The lowest BCUT2D eigenvalue weighted by molar-refractivity contribution is 0.139. The maximum absolute atomic E-state index is 15.4. The van der Waals surface area contributed by atoms with Crippen molar-refractivity contribution < 1.29 is 14.0 Å². The normalized spacial score (nSPS) is 19.0. The Morgan fingerprint density at radius 3 is 2.77 bits per heavy atom. The minimum atomic E-state index is -0.815. The van der Waals surface area contributed by atoms with Gasteiger partial charge < -0.3 is 10.7 Å². The molecule has 4 rings (SSSR count). The van der Waals surface area contributed by atoms with E-state index in [1.54, 1.807) is 26.0 Å². The van der Waals surface area contributed by atoms with Crippen molar-refractivity contribution in [2.75, 3.05) is 5.06 Å². The molecule has 1 atom stereocenters. The largest absolute Gasteiger partial charge is 0.360 e. The van der Waals surface area contributed by atoms with Crippen molar-refractivity contribution >= 4 is 16.6 Å². The summed E-state index contributed by atoms with van der Waals surface area (Å²) >= 11 is 0. The van der Waals surface area contributed by atoms with Crippen molar-refractivity contribution in [3.63, 3.8) is 0 Å². The number of hydrogen-bond acceptors (Lipinski definition) is 3. The summed E-state index contributed by atoms with van der Waals surface area (Å²) in [6.45, 7) is 5.42. The molecule has 0 fully saturated rings. The number of hydrogen-bond donors (Lipinski definition) is 3. The highest BCUT2D eigenvalue weighted by atomic mass is 19.1. The summed E-state index contributed by atoms with van der Waals surface area (Å²) in [5, 5.41) is 12.3. The number of para-hydroxylation sites is 1. The first-order valence-corrected chi connectivity index (χ1v) is 8.56. The number of hydroxylamine groups is 1. The van der Waals surface area contributed by atoms with Gasteiger partial charge in [0.15, 0.2) is 0 Å². The van der Waals surface area contributed by atoms with Crippen molar-refractivity contribution in [1.82, 2.24) is 4.98 Å². The molecular formula is C20H21F2N3O. The van der Waals surface area contributed by atoms with Gasteiger partial charge in [0.25, 0.3) is 0 Å². The Labute approximate surface area is 150 Å². The number of halogens is 2. The number of benzene rings is 2. The fourth-order valence-corrected chi connectivity index (χ4v) is 3.72. The molecule has 0 saturated heterocycles. The van der Waals surface area contributed by atoms with Crippen LogP contribution >= 0.6 is 0 Å². The summed E-state index contributed by atoms with van der Waals surface area (Å²) in [4.78, 5) is 3.10. The van der Waals surface area contributed by atoms with Crippen molar-refractivity contribution in [3.05, 3.63) is 53.2 Å². The SMILES string of the molecule is Cc1c[nH]c2c(-c3c(F)cc4c(c3F)C[C@H](N)C(C)(C)N4O)cccc12. The first kappa shape index (κ1) is 17.0. The first-order valence-electron chi connectivity index (χ1n) is 8.56. The Kier molecular flexibility index (Phi) is 3.61. The molecule has 1 aliphatic heterocycles.